The van der Waals surface area contributed by atoms with Gasteiger partial charge in [-0.1, -0.05) is 6.92 Å². The van der Waals surface area contributed by atoms with Crippen LogP contribution in [0.25, 0.3) is 0 Å². The lowest BCUT2D eigenvalue weighted by Gasteiger charge is -2.39. The fraction of sp³-hybridized carbons (Fsp3) is 1.00. The first-order chi connectivity index (χ1) is 9.54. The van der Waals surface area contributed by atoms with E-state index in [1.165, 1.54) is 0 Å². The molecule has 0 aromatic heterocycles. The molecule has 7 nitrogen and oxygen atoms in total. The van der Waals surface area contributed by atoms with Crippen molar-refractivity contribution < 1.29 is 31.3 Å². The summed E-state index contributed by atoms with van der Waals surface area (Å²) in [6.45, 7) is 2.06. The van der Waals surface area contributed by atoms with Gasteiger partial charge in [0.1, 0.15) is 5.16 Å². The van der Waals surface area contributed by atoms with Crippen molar-refractivity contribution in [1.82, 2.24) is 0 Å². The van der Waals surface area contributed by atoms with Gasteiger partial charge in [0, 0.05) is 42.7 Å². The van der Waals surface area contributed by atoms with Gasteiger partial charge in [0.15, 0.2) is 0 Å². The van der Waals surface area contributed by atoms with Crippen LogP contribution in [0, 0.1) is 0 Å². The molecule has 2 unspecified atom stereocenters. The van der Waals surface area contributed by atoms with E-state index in [0.29, 0.717) is 0 Å². The van der Waals surface area contributed by atoms with E-state index in [0.717, 1.165) is 6.42 Å². The first kappa shape index (κ1) is 18.2. The number of ether oxygens (including phenoxy) is 1. The van der Waals surface area contributed by atoms with Crippen molar-refractivity contribution >= 4 is 17.6 Å². The minimum Gasteiger partial charge on any atom is -0.377 e. The molecule has 1 heterocycles. The van der Waals surface area contributed by atoms with Crippen LogP contribution in [0.1, 0.15) is 13.3 Å². The van der Waals surface area contributed by atoms with E-state index in [1.807, 2.05) is 0 Å². The average molecular weight is 326 g/mol. The third kappa shape index (κ3) is 3.01. The lowest BCUT2D eigenvalue weighted by molar-refractivity contribution is 0.0745. The molecule has 0 amide bonds. The van der Waals surface area contributed by atoms with Gasteiger partial charge in [0.25, 0.3) is 0 Å². The fourth-order valence-electron chi connectivity index (χ4n) is 2.66. The largest absolute Gasteiger partial charge is 0.510 e. The van der Waals surface area contributed by atoms with E-state index in [1.54, 1.807) is 42.7 Å². The first-order valence-corrected chi connectivity index (χ1v) is 10.1. The standard InChI is InChI=1S/C11H26O7Si2/c1-8-9-10(18-9)11(19(12-2,13-3)14-4)20(15-5,16-6)17-7/h9-11H,8H2,1-7H3. The zero-order chi connectivity index (χ0) is 15.4. The molecule has 0 N–H and O–H groups in total. The van der Waals surface area contributed by atoms with Crippen LogP contribution >= 0.6 is 0 Å². The van der Waals surface area contributed by atoms with Crippen LogP contribution in [0.3, 0.4) is 0 Å². The van der Waals surface area contributed by atoms with Crippen molar-refractivity contribution in [3.05, 3.63) is 0 Å². The normalized spacial score (nSPS) is 23.4. The summed E-state index contributed by atoms with van der Waals surface area (Å²) < 4.78 is 39.4. The molecule has 120 valence electrons. The van der Waals surface area contributed by atoms with Crippen molar-refractivity contribution in [3.63, 3.8) is 0 Å². The van der Waals surface area contributed by atoms with E-state index in [2.05, 4.69) is 6.92 Å². The maximum atomic E-state index is 5.74. The minimum atomic E-state index is -3.04. The van der Waals surface area contributed by atoms with Crippen LogP contribution in [0.15, 0.2) is 0 Å². The minimum absolute atomic E-state index is 0.0990. The highest BCUT2D eigenvalue weighted by atomic mass is 28.5. The van der Waals surface area contributed by atoms with Crippen LogP contribution in [0.5, 0.6) is 0 Å². The second kappa shape index (κ2) is 7.43. The van der Waals surface area contributed by atoms with E-state index in [4.69, 9.17) is 31.3 Å². The van der Waals surface area contributed by atoms with Gasteiger partial charge in [0.05, 0.1) is 12.2 Å². The van der Waals surface area contributed by atoms with Crippen molar-refractivity contribution in [2.45, 2.75) is 30.7 Å². The zero-order valence-electron chi connectivity index (χ0n) is 13.3. The molecular weight excluding hydrogens is 300 g/mol. The maximum Gasteiger partial charge on any atom is 0.510 e. The monoisotopic (exact) mass is 326 g/mol. The van der Waals surface area contributed by atoms with Gasteiger partial charge in [-0.3, -0.25) is 0 Å². The van der Waals surface area contributed by atoms with Gasteiger partial charge in [-0.15, -0.1) is 0 Å². The molecule has 0 spiro atoms. The van der Waals surface area contributed by atoms with E-state index in [9.17, 15) is 0 Å². The van der Waals surface area contributed by atoms with E-state index < -0.39 is 17.6 Å². The Hall–Kier alpha value is 0.154. The van der Waals surface area contributed by atoms with Gasteiger partial charge >= 0.3 is 17.6 Å². The Morgan fingerprint density at radius 3 is 1.35 bits per heavy atom. The molecule has 1 fully saturated rings. The van der Waals surface area contributed by atoms with Crippen molar-refractivity contribution in [3.8, 4) is 0 Å². The Morgan fingerprint density at radius 1 is 0.800 bits per heavy atom. The Morgan fingerprint density at radius 2 is 1.15 bits per heavy atom. The van der Waals surface area contributed by atoms with Crippen molar-refractivity contribution in [2.24, 2.45) is 0 Å². The molecular formula is C11H26O7Si2. The van der Waals surface area contributed by atoms with Crippen LogP contribution in [-0.4, -0.2) is 72.5 Å². The number of hydrogen-bond donors (Lipinski definition) is 0. The average Bonchev–Trinajstić information content (AvgIpc) is 3.28. The van der Waals surface area contributed by atoms with Crippen molar-refractivity contribution in [2.75, 3.05) is 42.7 Å². The van der Waals surface area contributed by atoms with E-state index in [-0.39, 0.29) is 17.4 Å². The Balaban J connectivity index is 3.20. The molecule has 1 saturated heterocycles. The van der Waals surface area contributed by atoms with Crippen LogP contribution in [-0.2, 0) is 31.3 Å². The number of epoxide rings is 1. The van der Waals surface area contributed by atoms with Crippen LogP contribution < -0.4 is 0 Å². The third-order valence-corrected chi connectivity index (χ3v) is 11.5. The molecule has 1 rings (SSSR count). The third-order valence-electron chi connectivity index (χ3n) is 3.82. The number of rotatable bonds is 10. The molecule has 2 atom stereocenters. The fourth-order valence-corrected chi connectivity index (χ4v) is 10.4. The lowest BCUT2D eigenvalue weighted by atomic mass is 10.3. The zero-order valence-corrected chi connectivity index (χ0v) is 15.3. The maximum absolute atomic E-state index is 5.74. The molecule has 0 aromatic carbocycles. The summed E-state index contributed by atoms with van der Waals surface area (Å²) in [6.07, 6.45) is 0.919. The Kier molecular flexibility index (Phi) is 6.76. The Bertz CT molecular complexity index is 260. The number of hydrogen-bond acceptors (Lipinski definition) is 7. The van der Waals surface area contributed by atoms with Crippen LogP contribution in [0.4, 0.5) is 0 Å². The van der Waals surface area contributed by atoms with Gasteiger partial charge in [-0.05, 0) is 6.42 Å². The smallest absolute Gasteiger partial charge is 0.377 e. The molecule has 0 bridgehead atoms. The summed E-state index contributed by atoms with van der Waals surface area (Å²) in [5.41, 5.74) is 0. The van der Waals surface area contributed by atoms with Crippen LogP contribution in [0.2, 0.25) is 5.16 Å². The van der Waals surface area contributed by atoms with Crippen molar-refractivity contribution in [1.29, 1.82) is 0 Å². The summed E-state index contributed by atoms with van der Waals surface area (Å²) in [4.78, 5) is 0. The molecule has 0 saturated carbocycles. The van der Waals surface area contributed by atoms with Gasteiger partial charge < -0.3 is 31.3 Å². The van der Waals surface area contributed by atoms with E-state index >= 15 is 0 Å². The summed E-state index contributed by atoms with van der Waals surface area (Å²) in [5.74, 6) is 0. The Labute approximate surface area is 123 Å². The molecule has 9 heteroatoms. The molecule has 0 aliphatic carbocycles. The van der Waals surface area contributed by atoms with Gasteiger partial charge in [-0.25, -0.2) is 0 Å². The first-order valence-electron chi connectivity index (χ1n) is 6.51. The second-order valence-electron chi connectivity index (χ2n) is 4.46. The predicted molar refractivity (Wildman–Crippen MR) is 76.3 cm³/mol. The SMILES string of the molecule is CCC1OC1C([Si](OC)(OC)OC)[Si](OC)(OC)OC. The van der Waals surface area contributed by atoms with Gasteiger partial charge in [0.2, 0.25) is 0 Å². The summed E-state index contributed by atoms with van der Waals surface area (Å²) in [7, 11) is 3.31. The summed E-state index contributed by atoms with van der Waals surface area (Å²) in [6, 6.07) is 0. The molecule has 0 radical (unpaired) electrons. The molecule has 1 aliphatic rings. The second-order valence-corrected chi connectivity index (χ2v) is 11.1. The quantitative estimate of drug-likeness (QED) is 0.435. The summed E-state index contributed by atoms with van der Waals surface area (Å²) >= 11 is 0. The molecule has 0 aromatic rings. The highest BCUT2D eigenvalue weighted by Gasteiger charge is 2.72. The highest BCUT2D eigenvalue weighted by Crippen LogP contribution is 2.47. The van der Waals surface area contributed by atoms with Gasteiger partial charge in [-0.2, -0.15) is 0 Å². The highest BCUT2D eigenvalue weighted by molar-refractivity contribution is 6.82. The molecule has 1 aliphatic heterocycles. The summed E-state index contributed by atoms with van der Waals surface area (Å²) in [5, 5.41) is -0.319. The lowest BCUT2D eigenvalue weighted by Crippen LogP contribution is -2.64. The predicted octanol–water partition coefficient (Wildman–Crippen LogP) is 0.829. The topological polar surface area (TPSA) is 67.9 Å². The molecule has 20 heavy (non-hydrogen) atoms.